The zero-order valence-electron chi connectivity index (χ0n) is 13.3. The lowest BCUT2D eigenvalue weighted by atomic mass is 10.2. The summed E-state index contributed by atoms with van der Waals surface area (Å²) in [6, 6.07) is 11.6. The van der Waals surface area contributed by atoms with E-state index in [0.29, 0.717) is 27.3 Å². The van der Waals surface area contributed by atoms with E-state index in [1.807, 2.05) is 0 Å². The molecule has 0 saturated carbocycles. The maximum absolute atomic E-state index is 12.1. The third-order valence-electron chi connectivity index (χ3n) is 3.39. The Morgan fingerprint density at radius 3 is 2.62 bits per heavy atom. The lowest BCUT2D eigenvalue weighted by Gasteiger charge is -2.25. The molecule has 1 unspecified atom stereocenters. The zero-order valence-corrected chi connectivity index (χ0v) is 14.8. The van der Waals surface area contributed by atoms with Gasteiger partial charge in [-0.05, 0) is 24.3 Å². The van der Waals surface area contributed by atoms with E-state index in [-0.39, 0.29) is 13.2 Å². The SMILES string of the molecule is O=C(COc1ccc(Cl)c(Cl)c1)NNC(=O)C1COc2ccccc2O1. The number of hydrogen-bond acceptors (Lipinski definition) is 5. The first-order valence-electron chi connectivity index (χ1n) is 7.58. The molecule has 2 amide bonds. The predicted octanol–water partition coefficient (Wildman–Crippen LogP) is 2.36. The number of carbonyl (C=O) groups excluding carboxylic acids is 2. The molecule has 1 atom stereocenters. The summed E-state index contributed by atoms with van der Waals surface area (Å²) in [7, 11) is 0. The van der Waals surface area contributed by atoms with Gasteiger partial charge in [-0.3, -0.25) is 20.4 Å². The minimum Gasteiger partial charge on any atom is -0.485 e. The van der Waals surface area contributed by atoms with Gasteiger partial charge >= 0.3 is 0 Å². The molecule has 1 aliphatic heterocycles. The van der Waals surface area contributed by atoms with Gasteiger partial charge in [-0.1, -0.05) is 35.3 Å². The molecule has 7 nitrogen and oxygen atoms in total. The molecule has 0 fully saturated rings. The minimum absolute atomic E-state index is 0.0402. The maximum atomic E-state index is 12.1. The van der Waals surface area contributed by atoms with E-state index in [1.165, 1.54) is 6.07 Å². The average molecular weight is 397 g/mol. The molecule has 136 valence electrons. The van der Waals surface area contributed by atoms with Gasteiger partial charge in [0, 0.05) is 6.07 Å². The van der Waals surface area contributed by atoms with Crippen molar-refractivity contribution in [1.82, 2.24) is 10.9 Å². The molecule has 2 aromatic carbocycles. The van der Waals surface area contributed by atoms with Crippen LogP contribution in [-0.4, -0.2) is 31.1 Å². The number of amides is 2. The van der Waals surface area contributed by atoms with E-state index in [0.717, 1.165) is 0 Å². The van der Waals surface area contributed by atoms with Crippen LogP contribution in [0.3, 0.4) is 0 Å². The zero-order chi connectivity index (χ0) is 18.5. The summed E-state index contributed by atoms with van der Waals surface area (Å²) in [5, 5.41) is 0.694. The molecule has 0 saturated heterocycles. The van der Waals surface area contributed by atoms with Gasteiger partial charge in [-0.25, -0.2) is 0 Å². The van der Waals surface area contributed by atoms with Crippen molar-refractivity contribution in [3.63, 3.8) is 0 Å². The van der Waals surface area contributed by atoms with E-state index in [9.17, 15) is 9.59 Å². The van der Waals surface area contributed by atoms with Crippen LogP contribution in [0.25, 0.3) is 0 Å². The molecule has 26 heavy (non-hydrogen) atoms. The fourth-order valence-corrected chi connectivity index (χ4v) is 2.40. The number of carbonyl (C=O) groups is 2. The third kappa shape index (κ3) is 4.50. The number of ether oxygens (including phenoxy) is 3. The van der Waals surface area contributed by atoms with Crippen LogP contribution in [0.5, 0.6) is 17.2 Å². The quantitative estimate of drug-likeness (QED) is 0.774. The molecule has 0 bridgehead atoms. The Balaban J connectivity index is 1.44. The molecule has 0 aliphatic carbocycles. The van der Waals surface area contributed by atoms with Crippen LogP contribution in [0.15, 0.2) is 42.5 Å². The van der Waals surface area contributed by atoms with Crippen molar-refractivity contribution in [1.29, 1.82) is 0 Å². The lowest BCUT2D eigenvalue weighted by molar-refractivity contribution is -0.135. The summed E-state index contributed by atoms with van der Waals surface area (Å²) < 4.78 is 16.2. The Labute approximate surface area is 159 Å². The van der Waals surface area contributed by atoms with Gasteiger partial charge < -0.3 is 14.2 Å². The second-order valence-electron chi connectivity index (χ2n) is 5.27. The highest BCUT2D eigenvalue weighted by molar-refractivity contribution is 6.42. The maximum Gasteiger partial charge on any atom is 0.283 e. The van der Waals surface area contributed by atoms with Crippen LogP contribution < -0.4 is 25.1 Å². The largest absolute Gasteiger partial charge is 0.485 e. The topological polar surface area (TPSA) is 85.9 Å². The predicted molar refractivity (Wildman–Crippen MR) is 94.6 cm³/mol. The molecule has 0 radical (unpaired) electrons. The number of benzene rings is 2. The Morgan fingerprint density at radius 1 is 1.08 bits per heavy atom. The fourth-order valence-electron chi connectivity index (χ4n) is 2.11. The Hall–Kier alpha value is -2.64. The van der Waals surface area contributed by atoms with E-state index in [4.69, 9.17) is 37.4 Å². The van der Waals surface area contributed by atoms with Crippen molar-refractivity contribution in [2.45, 2.75) is 6.10 Å². The van der Waals surface area contributed by atoms with E-state index in [2.05, 4.69) is 10.9 Å². The van der Waals surface area contributed by atoms with Crippen LogP contribution in [0, 0.1) is 0 Å². The molecule has 2 aromatic rings. The minimum atomic E-state index is -0.874. The van der Waals surface area contributed by atoms with Gasteiger partial charge in [0.25, 0.3) is 11.8 Å². The molecular formula is C17H14Cl2N2O5. The highest BCUT2D eigenvalue weighted by Gasteiger charge is 2.27. The van der Waals surface area contributed by atoms with Crippen LogP contribution >= 0.6 is 23.2 Å². The fraction of sp³-hybridized carbons (Fsp3) is 0.176. The summed E-state index contributed by atoms with van der Waals surface area (Å²) >= 11 is 11.7. The number of rotatable bonds is 4. The second kappa shape index (κ2) is 8.16. The van der Waals surface area contributed by atoms with E-state index < -0.39 is 17.9 Å². The number of para-hydroxylation sites is 2. The van der Waals surface area contributed by atoms with Crippen molar-refractivity contribution in [2.75, 3.05) is 13.2 Å². The summed E-state index contributed by atoms with van der Waals surface area (Å²) in [5.74, 6) is 0.314. The standard InChI is InChI=1S/C17H14Cl2N2O5/c18-11-6-5-10(7-12(11)19)24-9-16(22)20-21-17(23)15-8-25-13-3-1-2-4-14(13)26-15/h1-7,15H,8-9H2,(H,20,22)(H,21,23). The van der Waals surface area contributed by atoms with Gasteiger partial charge in [0.15, 0.2) is 18.1 Å². The summed E-state index contributed by atoms with van der Waals surface area (Å²) in [6.07, 6.45) is -0.874. The van der Waals surface area contributed by atoms with Crippen molar-refractivity contribution in [3.05, 3.63) is 52.5 Å². The molecule has 0 aromatic heterocycles. The molecule has 0 spiro atoms. The number of hydrogen-bond donors (Lipinski definition) is 2. The molecule has 1 heterocycles. The third-order valence-corrected chi connectivity index (χ3v) is 4.13. The monoisotopic (exact) mass is 396 g/mol. The van der Waals surface area contributed by atoms with Crippen LogP contribution in [-0.2, 0) is 9.59 Å². The Bertz CT molecular complexity index is 831. The molecular weight excluding hydrogens is 383 g/mol. The van der Waals surface area contributed by atoms with Crippen molar-refractivity contribution >= 4 is 35.0 Å². The summed E-state index contributed by atoms with van der Waals surface area (Å²) in [4.78, 5) is 23.8. The van der Waals surface area contributed by atoms with Gasteiger partial charge in [-0.15, -0.1) is 0 Å². The average Bonchev–Trinajstić information content (AvgIpc) is 2.66. The number of hydrazine groups is 1. The van der Waals surface area contributed by atoms with Crippen molar-refractivity contribution in [3.8, 4) is 17.2 Å². The van der Waals surface area contributed by atoms with Crippen molar-refractivity contribution in [2.24, 2.45) is 0 Å². The number of fused-ring (bicyclic) bond motifs is 1. The second-order valence-corrected chi connectivity index (χ2v) is 6.08. The molecule has 1 aliphatic rings. The first-order chi connectivity index (χ1) is 12.5. The van der Waals surface area contributed by atoms with Crippen LogP contribution in [0.4, 0.5) is 0 Å². The van der Waals surface area contributed by atoms with Crippen molar-refractivity contribution < 1.29 is 23.8 Å². The normalized spacial score (nSPS) is 15.1. The number of halogens is 2. The Kier molecular flexibility index (Phi) is 5.70. The Morgan fingerprint density at radius 2 is 1.85 bits per heavy atom. The van der Waals surface area contributed by atoms with E-state index in [1.54, 1.807) is 36.4 Å². The van der Waals surface area contributed by atoms with Crippen LogP contribution in [0.1, 0.15) is 0 Å². The number of nitrogens with one attached hydrogen (secondary N) is 2. The summed E-state index contributed by atoms with van der Waals surface area (Å²) in [5.41, 5.74) is 4.51. The molecule has 3 rings (SSSR count). The first kappa shape index (κ1) is 18.2. The first-order valence-corrected chi connectivity index (χ1v) is 8.33. The molecule has 2 N–H and O–H groups in total. The highest BCUT2D eigenvalue weighted by atomic mass is 35.5. The highest BCUT2D eigenvalue weighted by Crippen LogP contribution is 2.30. The smallest absolute Gasteiger partial charge is 0.283 e. The van der Waals surface area contributed by atoms with E-state index >= 15 is 0 Å². The summed E-state index contributed by atoms with van der Waals surface area (Å²) in [6.45, 7) is -0.276. The van der Waals surface area contributed by atoms with Gasteiger partial charge in [0.2, 0.25) is 6.10 Å². The molecule has 9 heteroatoms. The van der Waals surface area contributed by atoms with Gasteiger partial charge in [0.05, 0.1) is 10.0 Å². The van der Waals surface area contributed by atoms with Gasteiger partial charge in [0.1, 0.15) is 12.4 Å². The van der Waals surface area contributed by atoms with Crippen LogP contribution in [0.2, 0.25) is 10.0 Å². The lowest BCUT2D eigenvalue weighted by Crippen LogP contribution is -2.51. The van der Waals surface area contributed by atoms with Gasteiger partial charge in [-0.2, -0.15) is 0 Å².